The standard InChI is InChI=1S/C11H16N4S2/c1-7(16-3)6-13-9-8-4-5-17-10(8)15-11(12-2)14-9/h4-5,7H,6H2,1-3H3,(H2,12,13,14,15). The van der Waals surface area contributed by atoms with Crippen LogP contribution in [0.1, 0.15) is 6.92 Å². The van der Waals surface area contributed by atoms with Gasteiger partial charge in [0.05, 0.1) is 5.39 Å². The van der Waals surface area contributed by atoms with Crippen molar-refractivity contribution < 1.29 is 0 Å². The zero-order valence-electron chi connectivity index (χ0n) is 10.2. The predicted molar refractivity (Wildman–Crippen MR) is 78.4 cm³/mol. The summed E-state index contributed by atoms with van der Waals surface area (Å²) in [6.45, 7) is 3.11. The smallest absolute Gasteiger partial charge is 0.225 e. The molecule has 0 fully saturated rings. The van der Waals surface area contributed by atoms with Gasteiger partial charge < -0.3 is 10.6 Å². The Morgan fingerprint density at radius 2 is 2.29 bits per heavy atom. The molecular formula is C11H16N4S2. The number of hydrogen-bond acceptors (Lipinski definition) is 6. The van der Waals surface area contributed by atoms with Crippen LogP contribution in [0.3, 0.4) is 0 Å². The topological polar surface area (TPSA) is 49.8 Å². The Bertz CT molecular complexity index is 497. The van der Waals surface area contributed by atoms with Crippen molar-refractivity contribution in [2.24, 2.45) is 0 Å². The van der Waals surface area contributed by atoms with E-state index in [1.807, 2.05) is 24.2 Å². The lowest BCUT2D eigenvalue weighted by Crippen LogP contribution is -2.14. The number of anilines is 2. The fourth-order valence-electron chi connectivity index (χ4n) is 1.43. The summed E-state index contributed by atoms with van der Waals surface area (Å²) in [5, 5.41) is 10.1. The third-order valence-corrected chi connectivity index (χ3v) is 4.29. The summed E-state index contributed by atoms with van der Waals surface area (Å²) in [5.41, 5.74) is 0. The van der Waals surface area contributed by atoms with Gasteiger partial charge in [-0.1, -0.05) is 6.92 Å². The average Bonchev–Trinajstić information content (AvgIpc) is 2.83. The SMILES string of the molecule is CNc1nc(NCC(C)SC)c2ccsc2n1. The van der Waals surface area contributed by atoms with Crippen molar-refractivity contribution in [1.82, 2.24) is 9.97 Å². The minimum Gasteiger partial charge on any atom is -0.368 e. The molecule has 2 N–H and O–H groups in total. The molecule has 0 spiro atoms. The zero-order valence-corrected chi connectivity index (χ0v) is 11.8. The lowest BCUT2D eigenvalue weighted by atomic mass is 10.3. The largest absolute Gasteiger partial charge is 0.368 e. The van der Waals surface area contributed by atoms with E-state index in [2.05, 4.69) is 39.8 Å². The molecule has 92 valence electrons. The van der Waals surface area contributed by atoms with Crippen molar-refractivity contribution in [1.29, 1.82) is 0 Å². The molecule has 1 atom stereocenters. The molecule has 2 rings (SSSR count). The van der Waals surface area contributed by atoms with Crippen molar-refractivity contribution >= 4 is 45.1 Å². The summed E-state index contributed by atoms with van der Waals surface area (Å²) in [5.74, 6) is 1.58. The van der Waals surface area contributed by atoms with Gasteiger partial charge in [0, 0.05) is 18.8 Å². The molecule has 1 unspecified atom stereocenters. The molecule has 0 saturated heterocycles. The number of thioether (sulfide) groups is 1. The molecule has 0 radical (unpaired) electrons. The van der Waals surface area contributed by atoms with Gasteiger partial charge >= 0.3 is 0 Å². The fraction of sp³-hybridized carbons (Fsp3) is 0.455. The maximum absolute atomic E-state index is 4.46. The van der Waals surface area contributed by atoms with E-state index in [-0.39, 0.29) is 0 Å². The maximum atomic E-state index is 4.46. The van der Waals surface area contributed by atoms with Crippen LogP contribution in [0, 0.1) is 0 Å². The van der Waals surface area contributed by atoms with Crippen LogP contribution >= 0.6 is 23.1 Å². The van der Waals surface area contributed by atoms with Gasteiger partial charge in [-0.25, -0.2) is 4.98 Å². The second-order valence-electron chi connectivity index (χ2n) is 3.71. The summed E-state index contributed by atoms with van der Waals surface area (Å²) in [6.07, 6.45) is 2.12. The number of aromatic nitrogens is 2. The van der Waals surface area contributed by atoms with Crippen LogP contribution < -0.4 is 10.6 Å². The predicted octanol–water partition coefficient (Wildman–Crippen LogP) is 2.90. The van der Waals surface area contributed by atoms with E-state index in [1.54, 1.807) is 11.3 Å². The monoisotopic (exact) mass is 268 g/mol. The van der Waals surface area contributed by atoms with Crippen LogP contribution in [-0.2, 0) is 0 Å². The van der Waals surface area contributed by atoms with E-state index in [9.17, 15) is 0 Å². The first-order valence-electron chi connectivity index (χ1n) is 5.44. The molecule has 2 heterocycles. The molecule has 0 saturated carbocycles. The van der Waals surface area contributed by atoms with Gasteiger partial charge in [-0.05, 0) is 17.7 Å². The number of hydrogen-bond donors (Lipinski definition) is 2. The number of thiophene rings is 1. The van der Waals surface area contributed by atoms with Crippen molar-refractivity contribution in [3.8, 4) is 0 Å². The Morgan fingerprint density at radius 1 is 1.47 bits per heavy atom. The minimum atomic E-state index is 0.566. The lowest BCUT2D eigenvalue weighted by Gasteiger charge is -2.11. The highest BCUT2D eigenvalue weighted by atomic mass is 32.2. The molecule has 0 amide bonds. The second-order valence-corrected chi connectivity index (χ2v) is 5.88. The Hall–Kier alpha value is -1.01. The van der Waals surface area contributed by atoms with E-state index in [0.717, 1.165) is 22.6 Å². The first-order valence-corrected chi connectivity index (χ1v) is 7.61. The van der Waals surface area contributed by atoms with Gasteiger partial charge in [0.2, 0.25) is 5.95 Å². The van der Waals surface area contributed by atoms with E-state index < -0.39 is 0 Å². The second kappa shape index (κ2) is 5.55. The third-order valence-electron chi connectivity index (χ3n) is 2.51. The maximum Gasteiger partial charge on any atom is 0.225 e. The number of rotatable bonds is 5. The van der Waals surface area contributed by atoms with Crippen molar-refractivity contribution in [3.63, 3.8) is 0 Å². The van der Waals surface area contributed by atoms with E-state index in [0.29, 0.717) is 11.2 Å². The van der Waals surface area contributed by atoms with E-state index in [1.165, 1.54) is 0 Å². The summed E-state index contributed by atoms with van der Waals surface area (Å²) in [4.78, 5) is 9.89. The van der Waals surface area contributed by atoms with Crippen LogP contribution in [0.4, 0.5) is 11.8 Å². The summed E-state index contributed by atoms with van der Waals surface area (Å²) in [6, 6.07) is 2.06. The first kappa shape index (κ1) is 12.4. The molecule has 0 aliphatic heterocycles. The first-order chi connectivity index (χ1) is 8.24. The number of nitrogens with zero attached hydrogens (tertiary/aromatic N) is 2. The number of fused-ring (bicyclic) bond motifs is 1. The Balaban J connectivity index is 2.27. The highest BCUT2D eigenvalue weighted by molar-refractivity contribution is 7.99. The van der Waals surface area contributed by atoms with Crippen LogP contribution in [0.15, 0.2) is 11.4 Å². The van der Waals surface area contributed by atoms with Gasteiger partial charge in [0.25, 0.3) is 0 Å². The minimum absolute atomic E-state index is 0.566. The molecule has 0 aliphatic carbocycles. The number of nitrogens with one attached hydrogen (secondary N) is 2. The molecule has 2 aromatic rings. The van der Waals surface area contributed by atoms with Crippen molar-refractivity contribution in [3.05, 3.63) is 11.4 Å². The highest BCUT2D eigenvalue weighted by Gasteiger charge is 2.08. The fourth-order valence-corrected chi connectivity index (χ4v) is 2.44. The summed E-state index contributed by atoms with van der Waals surface area (Å²) in [7, 11) is 1.84. The van der Waals surface area contributed by atoms with Crippen LogP contribution in [0.2, 0.25) is 0 Å². The molecule has 2 aromatic heterocycles. The summed E-state index contributed by atoms with van der Waals surface area (Å²) < 4.78 is 0. The van der Waals surface area contributed by atoms with Gasteiger partial charge in [-0.3, -0.25) is 0 Å². The summed E-state index contributed by atoms with van der Waals surface area (Å²) >= 11 is 3.48. The quantitative estimate of drug-likeness (QED) is 0.873. The molecule has 6 heteroatoms. The Kier molecular flexibility index (Phi) is 4.06. The zero-order chi connectivity index (χ0) is 12.3. The molecular weight excluding hydrogens is 252 g/mol. The Morgan fingerprint density at radius 3 is 3.00 bits per heavy atom. The molecule has 0 aromatic carbocycles. The normalized spacial score (nSPS) is 12.6. The molecule has 0 aliphatic rings. The third kappa shape index (κ3) is 2.81. The van der Waals surface area contributed by atoms with Gasteiger partial charge in [-0.15, -0.1) is 11.3 Å². The van der Waals surface area contributed by atoms with Crippen LogP contribution in [0.5, 0.6) is 0 Å². The van der Waals surface area contributed by atoms with Crippen molar-refractivity contribution in [2.45, 2.75) is 12.2 Å². The van der Waals surface area contributed by atoms with Gasteiger partial charge in [0.15, 0.2) is 0 Å². The Labute approximate surface area is 109 Å². The van der Waals surface area contributed by atoms with E-state index in [4.69, 9.17) is 0 Å². The van der Waals surface area contributed by atoms with Gasteiger partial charge in [0.1, 0.15) is 10.6 Å². The van der Waals surface area contributed by atoms with Crippen molar-refractivity contribution in [2.75, 3.05) is 30.5 Å². The lowest BCUT2D eigenvalue weighted by molar-refractivity contribution is 0.992. The van der Waals surface area contributed by atoms with Crippen LogP contribution in [0.25, 0.3) is 10.2 Å². The van der Waals surface area contributed by atoms with Gasteiger partial charge in [-0.2, -0.15) is 16.7 Å². The van der Waals surface area contributed by atoms with Crippen LogP contribution in [-0.4, -0.2) is 35.1 Å². The molecule has 17 heavy (non-hydrogen) atoms. The molecule has 0 bridgehead atoms. The molecule has 4 nitrogen and oxygen atoms in total. The van der Waals surface area contributed by atoms with E-state index >= 15 is 0 Å². The average molecular weight is 268 g/mol. The highest BCUT2D eigenvalue weighted by Crippen LogP contribution is 2.26.